The summed E-state index contributed by atoms with van der Waals surface area (Å²) in [5.41, 5.74) is 5.67. The first-order valence-corrected chi connectivity index (χ1v) is 6.21. The Labute approximate surface area is 104 Å². The van der Waals surface area contributed by atoms with Crippen LogP contribution in [-0.2, 0) is 14.3 Å². The molecule has 0 saturated carbocycles. The molecule has 0 aromatic heterocycles. The quantitative estimate of drug-likeness (QED) is 0.556. The molecule has 0 radical (unpaired) electrons. The predicted octanol–water partition coefficient (Wildman–Crippen LogP) is 0.672. The van der Waals surface area contributed by atoms with Crippen molar-refractivity contribution in [2.45, 2.75) is 45.3 Å². The van der Waals surface area contributed by atoms with Crippen molar-refractivity contribution in [3.63, 3.8) is 0 Å². The van der Waals surface area contributed by atoms with Gasteiger partial charge in [-0.1, -0.05) is 0 Å². The van der Waals surface area contributed by atoms with Gasteiger partial charge in [0.1, 0.15) is 0 Å². The topological polar surface area (TPSA) is 73.6 Å². The first-order valence-electron chi connectivity index (χ1n) is 6.21. The number of nitrogens with one attached hydrogen (secondary N) is 1. The fraction of sp³-hybridized carbons (Fsp3) is 0.917. The zero-order chi connectivity index (χ0) is 13.1. The lowest BCUT2D eigenvalue weighted by Crippen LogP contribution is -2.41. The average Bonchev–Trinajstić information content (AvgIpc) is 2.29. The lowest BCUT2D eigenvalue weighted by Gasteiger charge is -2.12. The van der Waals surface area contributed by atoms with Gasteiger partial charge in [-0.15, -0.1) is 0 Å². The summed E-state index contributed by atoms with van der Waals surface area (Å²) in [4.78, 5) is 11.5. The van der Waals surface area contributed by atoms with E-state index in [1.54, 1.807) is 7.11 Å². The molecule has 0 aliphatic heterocycles. The summed E-state index contributed by atoms with van der Waals surface area (Å²) in [5.74, 6) is -0.105. The van der Waals surface area contributed by atoms with E-state index in [1.807, 2.05) is 13.8 Å². The molecule has 0 saturated heterocycles. The van der Waals surface area contributed by atoms with Gasteiger partial charge in [-0.25, -0.2) is 0 Å². The van der Waals surface area contributed by atoms with Crippen molar-refractivity contribution in [3.8, 4) is 0 Å². The standard InChI is InChI=1S/C12H26N2O3/c1-10(2)17-8-5-4-7-14-12(15)11(13)6-9-16-3/h10-11H,4-9,13H2,1-3H3,(H,14,15). The SMILES string of the molecule is COCCC(N)C(=O)NCCCCOC(C)C. The van der Waals surface area contributed by atoms with Crippen LogP contribution in [0.4, 0.5) is 0 Å². The van der Waals surface area contributed by atoms with Crippen LogP contribution >= 0.6 is 0 Å². The molecule has 0 aromatic rings. The highest BCUT2D eigenvalue weighted by molar-refractivity contribution is 5.81. The minimum absolute atomic E-state index is 0.105. The van der Waals surface area contributed by atoms with Gasteiger partial charge >= 0.3 is 0 Å². The van der Waals surface area contributed by atoms with E-state index in [-0.39, 0.29) is 12.0 Å². The predicted molar refractivity (Wildman–Crippen MR) is 67.8 cm³/mol. The summed E-state index contributed by atoms with van der Waals surface area (Å²) in [6, 6.07) is -0.470. The summed E-state index contributed by atoms with van der Waals surface area (Å²) in [7, 11) is 1.60. The summed E-state index contributed by atoms with van der Waals surface area (Å²) in [6.07, 6.45) is 2.69. The van der Waals surface area contributed by atoms with Crippen molar-refractivity contribution in [1.82, 2.24) is 5.32 Å². The second kappa shape index (κ2) is 10.5. The maximum atomic E-state index is 11.5. The monoisotopic (exact) mass is 246 g/mol. The Morgan fingerprint density at radius 1 is 1.29 bits per heavy atom. The maximum absolute atomic E-state index is 11.5. The van der Waals surface area contributed by atoms with Crippen molar-refractivity contribution >= 4 is 5.91 Å². The van der Waals surface area contributed by atoms with E-state index >= 15 is 0 Å². The highest BCUT2D eigenvalue weighted by Gasteiger charge is 2.11. The van der Waals surface area contributed by atoms with Crippen molar-refractivity contribution < 1.29 is 14.3 Å². The molecule has 5 heteroatoms. The molecule has 0 aliphatic carbocycles. The van der Waals surface area contributed by atoms with E-state index < -0.39 is 6.04 Å². The summed E-state index contributed by atoms with van der Waals surface area (Å²) in [5, 5.41) is 2.80. The van der Waals surface area contributed by atoms with Crippen LogP contribution in [0.2, 0.25) is 0 Å². The van der Waals surface area contributed by atoms with Crippen LogP contribution in [0.25, 0.3) is 0 Å². The first-order chi connectivity index (χ1) is 8.07. The fourth-order valence-electron chi connectivity index (χ4n) is 1.26. The van der Waals surface area contributed by atoms with Crippen molar-refractivity contribution in [3.05, 3.63) is 0 Å². The summed E-state index contributed by atoms with van der Waals surface area (Å²) < 4.78 is 10.3. The van der Waals surface area contributed by atoms with E-state index in [0.717, 1.165) is 19.4 Å². The molecule has 102 valence electrons. The number of methoxy groups -OCH3 is 1. The van der Waals surface area contributed by atoms with Gasteiger partial charge in [0, 0.05) is 26.9 Å². The first kappa shape index (κ1) is 16.4. The molecule has 0 spiro atoms. The Morgan fingerprint density at radius 2 is 2.00 bits per heavy atom. The third kappa shape index (κ3) is 10.2. The lowest BCUT2D eigenvalue weighted by molar-refractivity contribution is -0.122. The number of unbranched alkanes of at least 4 members (excludes halogenated alkanes) is 1. The second-order valence-corrected chi connectivity index (χ2v) is 4.31. The molecular weight excluding hydrogens is 220 g/mol. The van der Waals surface area contributed by atoms with Crippen LogP contribution in [0, 0.1) is 0 Å². The molecule has 1 unspecified atom stereocenters. The summed E-state index contributed by atoms with van der Waals surface area (Å²) in [6.45, 7) is 5.92. The summed E-state index contributed by atoms with van der Waals surface area (Å²) >= 11 is 0. The molecule has 17 heavy (non-hydrogen) atoms. The van der Waals surface area contributed by atoms with Crippen LogP contribution in [0.1, 0.15) is 33.1 Å². The minimum Gasteiger partial charge on any atom is -0.385 e. The van der Waals surface area contributed by atoms with Crippen molar-refractivity contribution in [2.75, 3.05) is 26.9 Å². The normalized spacial score (nSPS) is 12.8. The van der Waals surface area contributed by atoms with Gasteiger partial charge in [-0.2, -0.15) is 0 Å². The van der Waals surface area contributed by atoms with Crippen molar-refractivity contribution in [2.24, 2.45) is 5.73 Å². The molecule has 5 nitrogen and oxygen atoms in total. The van der Waals surface area contributed by atoms with Gasteiger partial charge in [0.05, 0.1) is 12.1 Å². The maximum Gasteiger partial charge on any atom is 0.237 e. The number of hydrogen-bond acceptors (Lipinski definition) is 4. The molecule has 0 heterocycles. The van der Waals surface area contributed by atoms with Crippen LogP contribution < -0.4 is 11.1 Å². The minimum atomic E-state index is -0.470. The molecule has 0 aromatic carbocycles. The number of rotatable bonds is 10. The number of carbonyl (C=O) groups excluding carboxylic acids is 1. The van der Waals surface area contributed by atoms with E-state index in [4.69, 9.17) is 15.2 Å². The molecule has 0 bridgehead atoms. The van der Waals surface area contributed by atoms with Gasteiger partial charge in [0.2, 0.25) is 5.91 Å². The molecule has 1 atom stereocenters. The number of carbonyl (C=O) groups is 1. The Kier molecular flexibility index (Phi) is 10.1. The molecule has 1 amide bonds. The van der Waals surface area contributed by atoms with E-state index in [2.05, 4.69) is 5.32 Å². The van der Waals surface area contributed by atoms with Crippen molar-refractivity contribution in [1.29, 1.82) is 0 Å². The van der Waals surface area contributed by atoms with Gasteiger partial charge in [-0.05, 0) is 33.1 Å². The molecule has 0 aliphatic rings. The number of amides is 1. The Bertz CT molecular complexity index is 198. The number of ether oxygens (including phenoxy) is 2. The van der Waals surface area contributed by atoms with Crippen LogP contribution in [0.3, 0.4) is 0 Å². The van der Waals surface area contributed by atoms with Gasteiger partial charge in [0.15, 0.2) is 0 Å². The molecule has 0 rings (SSSR count). The lowest BCUT2D eigenvalue weighted by atomic mass is 10.2. The molecule has 3 N–H and O–H groups in total. The van der Waals surface area contributed by atoms with E-state index in [0.29, 0.717) is 19.6 Å². The Morgan fingerprint density at radius 3 is 2.59 bits per heavy atom. The highest BCUT2D eigenvalue weighted by atomic mass is 16.5. The number of hydrogen-bond donors (Lipinski definition) is 2. The third-order valence-corrected chi connectivity index (χ3v) is 2.29. The third-order valence-electron chi connectivity index (χ3n) is 2.29. The number of nitrogens with two attached hydrogens (primary N) is 1. The zero-order valence-electron chi connectivity index (χ0n) is 11.2. The zero-order valence-corrected chi connectivity index (χ0v) is 11.2. The van der Waals surface area contributed by atoms with Crippen LogP contribution in [-0.4, -0.2) is 44.9 Å². The average molecular weight is 246 g/mol. The largest absolute Gasteiger partial charge is 0.385 e. The van der Waals surface area contributed by atoms with Gasteiger partial charge in [-0.3, -0.25) is 4.79 Å². The Balaban J connectivity index is 3.38. The Hall–Kier alpha value is -0.650. The van der Waals surface area contributed by atoms with E-state index in [1.165, 1.54) is 0 Å². The fourth-order valence-corrected chi connectivity index (χ4v) is 1.26. The van der Waals surface area contributed by atoms with Gasteiger partial charge in [0.25, 0.3) is 0 Å². The van der Waals surface area contributed by atoms with E-state index in [9.17, 15) is 4.79 Å². The van der Waals surface area contributed by atoms with Crippen LogP contribution in [0.5, 0.6) is 0 Å². The molecule has 0 fully saturated rings. The second-order valence-electron chi connectivity index (χ2n) is 4.31. The van der Waals surface area contributed by atoms with Gasteiger partial charge < -0.3 is 20.5 Å². The highest BCUT2D eigenvalue weighted by Crippen LogP contribution is 1.94. The smallest absolute Gasteiger partial charge is 0.237 e. The van der Waals surface area contributed by atoms with Crippen LogP contribution in [0.15, 0.2) is 0 Å². The molecular formula is C12H26N2O3.